The number of halogens is 7. The predicted octanol–water partition coefficient (Wildman–Crippen LogP) is 4.82. The van der Waals surface area contributed by atoms with Crippen molar-refractivity contribution in [3.05, 3.63) is 34.9 Å². The fraction of sp³-hybridized carbons (Fsp3) is 0.652. The van der Waals surface area contributed by atoms with E-state index in [9.17, 15) is 40.3 Å². The van der Waals surface area contributed by atoms with Gasteiger partial charge in [0.25, 0.3) is 0 Å². The van der Waals surface area contributed by atoms with Crippen LogP contribution in [-0.4, -0.2) is 36.3 Å². The molecule has 0 bridgehead atoms. The molecule has 0 radical (unpaired) electrons. The van der Waals surface area contributed by atoms with Crippen molar-refractivity contribution >= 4 is 11.8 Å². The van der Waals surface area contributed by atoms with E-state index in [0.717, 1.165) is 6.42 Å². The molecule has 1 saturated heterocycles. The highest BCUT2D eigenvalue weighted by Gasteiger charge is 2.73. The number of rotatable bonds is 4. The maximum absolute atomic E-state index is 14.5. The van der Waals surface area contributed by atoms with Crippen molar-refractivity contribution in [2.45, 2.75) is 81.5 Å². The summed E-state index contributed by atoms with van der Waals surface area (Å²) in [4.78, 5) is 23.8. The van der Waals surface area contributed by atoms with Crippen molar-refractivity contribution in [3.8, 4) is 0 Å². The highest BCUT2D eigenvalue weighted by Crippen LogP contribution is 2.55. The molecule has 1 aromatic rings. The summed E-state index contributed by atoms with van der Waals surface area (Å²) in [5, 5.41) is 5.57. The van der Waals surface area contributed by atoms with E-state index in [-0.39, 0.29) is 42.0 Å². The Morgan fingerprint density at radius 1 is 1.00 bits per heavy atom. The van der Waals surface area contributed by atoms with Gasteiger partial charge in [-0.25, -0.2) is 4.39 Å². The first-order valence-corrected chi connectivity index (χ1v) is 11.3. The third kappa shape index (κ3) is 4.04. The van der Waals surface area contributed by atoms with Crippen LogP contribution in [0.15, 0.2) is 18.2 Å². The van der Waals surface area contributed by atoms with Crippen LogP contribution in [0.3, 0.4) is 0 Å². The Morgan fingerprint density at radius 2 is 1.68 bits per heavy atom. The summed E-state index contributed by atoms with van der Waals surface area (Å²) < 4.78 is 93.4. The molecule has 1 saturated carbocycles. The summed E-state index contributed by atoms with van der Waals surface area (Å²) in [5.41, 5.74) is -5.92. The normalized spacial score (nSPS) is 28.2. The third-order valence-electron chi connectivity index (χ3n) is 7.67. The highest BCUT2D eigenvalue weighted by molar-refractivity contribution is 5.90. The van der Waals surface area contributed by atoms with Crippen molar-refractivity contribution in [2.75, 3.05) is 0 Å². The number of nitrogens with one attached hydrogen (secondary N) is 2. The molecule has 11 heteroatoms. The van der Waals surface area contributed by atoms with Crippen molar-refractivity contribution in [3.63, 3.8) is 0 Å². The summed E-state index contributed by atoms with van der Waals surface area (Å²) in [7, 11) is 0. The maximum atomic E-state index is 14.5. The van der Waals surface area contributed by atoms with Crippen molar-refractivity contribution in [2.24, 2.45) is 11.8 Å². The zero-order valence-corrected chi connectivity index (χ0v) is 18.3. The minimum absolute atomic E-state index is 0.0736. The molecule has 4 rings (SSSR count). The largest absolute Gasteiger partial charge is 0.435 e. The molecule has 0 aromatic heterocycles. The van der Waals surface area contributed by atoms with Gasteiger partial charge in [0, 0.05) is 18.0 Å². The van der Waals surface area contributed by atoms with E-state index in [4.69, 9.17) is 0 Å². The van der Waals surface area contributed by atoms with Crippen LogP contribution in [0.5, 0.6) is 0 Å². The van der Waals surface area contributed by atoms with Gasteiger partial charge in [-0.3, -0.25) is 9.59 Å². The summed E-state index contributed by atoms with van der Waals surface area (Å²) in [6.45, 7) is 1.87. The number of benzene rings is 1. The van der Waals surface area contributed by atoms with Gasteiger partial charge in [-0.15, -0.1) is 0 Å². The molecule has 2 aliphatic carbocycles. The lowest BCUT2D eigenvalue weighted by Crippen LogP contribution is -2.50. The Bertz CT molecular complexity index is 961. The van der Waals surface area contributed by atoms with Crippen molar-refractivity contribution in [1.29, 1.82) is 0 Å². The van der Waals surface area contributed by atoms with Gasteiger partial charge in [0.15, 0.2) is 0 Å². The quantitative estimate of drug-likeness (QED) is 0.590. The average molecular weight is 494 g/mol. The molecule has 34 heavy (non-hydrogen) atoms. The van der Waals surface area contributed by atoms with Crippen molar-refractivity contribution < 1.29 is 40.3 Å². The van der Waals surface area contributed by atoms with Crippen LogP contribution in [0.25, 0.3) is 0 Å². The van der Waals surface area contributed by atoms with Gasteiger partial charge in [0.1, 0.15) is 6.04 Å². The van der Waals surface area contributed by atoms with Crippen LogP contribution in [0.1, 0.15) is 61.6 Å². The molecular formula is C23H25F7N2O2. The molecule has 0 spiro atoms. The van der Waals surface area contributed by atoms with Gasteiger partial charge in [-0.2, -0.15) is 26.3 Å². The number of alkyl halides is 7. The summed E-state index contributed by atoms with van der Waals surface area (Å²) in [5.74, 6) is -0.359. The van der Waals surface area contributed by atoms with Gasteiger partial charge in [-0.1, -0.05) is 18.2 Å². The minimum Gasteiger partial charge on any atom is -0.352 e. The van der Waals surface area contributed by atoms with E-state index in [0.29, 0.717) is 48.9 Å². The number of carbonyl (C=O) groups excluding carboxylic acids is 2. The topological polar surface area (TPSA) is 58.2 Å². The number of hydrogen-bond acceptors (Lipinski definition) is 2. The molecule has 3 aliphatic rings. The Labute approximate surface area is 191 Å². The van der Waals surface area contributed by atoms with Gasteiger partial charge in [0.2, 0.25) is 11.8 Å². The Morgan fingerprint density at radius 3 is 2.26 bits per heavy atom. The van der Waals surface area contributed by atoms with E-state index in [1.54, 1.807) is 0 Å². The van der Waals surface area contributed by atoms with Gasteiger partial charge >= 0.3 is 18.0 Å². The van der Waals surface area contributed by atoms with Crippen LogP contribution in [0.4, 0.5) is 30.7 Å². The van der Waals surface area contributed by atoms with Crippen LogP contribution >= 0.6 is 0 Å². The zero-order valence-electron chi connectivity index (χ0n) is 18.3. The van der Waals surface area contributed by atoms with Crippen LogP contribution < -0.4 is 10.6 Å². The van der Waals surface area contributed by atoms with Crippen LogP contribution in [-0.2, 0) is 21.7 Å². The van der Waals surface area contributed by atoms with E-state index < -0.39 is 29.6 Å². The number of hydrogen-bond donors (Lipinski definition) is 2. The molecule has 2 fully saturated rings. The minimum atomic E-state index is -6.14. The fourth-order valence-corrected chi connectivity index (χ4v) is 5.97. The number of amides is 2. The van der Waals surface area contributed by atoms with Gasteiger partial charge in [-0.05, 0) is 67.9 Å². The molecule has 2 amide bonds. The molecule has 4 nitrogen and oxygen atoms in total. The van der Waals surface area contributed by atoms with Gasteiger partial charge in [0.05, 0.1) is 0 Å². The maximum Gasteiger partial charge on any atom is 0.435 e. The first-order valence-electron chi connectivity index (χ1n) is 11.3. The van der Waals surface area contributed by atoms with Gasteiger partial charge < -0.3 is 10.6 Å². The Kier molecular flexibility index (Phi) is 6.13. The monoisotopic (exact) mass is 494 g/mol. The lowest BCUT2D eigenvalue weighted by molar-refractivity contribution is -0.348. The van der Waals surface area contributed by atoms with Crippen LogP contribution in [0, 0.1) is 11.8 Å². The highest BCUT2D eigenvalue weighted by atomic mass is 19.4. The SMILES string of the molecule is CC(NC(=O)C1CCC(=O)N1)[C@@H]1CCC2c3ccc(C(F)(C(F)(F)F)C(F)(F)F)cc3CCC21. The lowest BCUT2D eigenvalue weighted by atomic mass is 9.72. The van der Waals surface area contributed by atoms with Crippen LogP contribution in [0.2, 0.25) is 0 Å². The second kappa shape index (κ2) is 8.41. The summed E-state index contributed by atoms with van der Waals surface area (Å²) >= 11 is 0. The second-order valence-electron chi connectivity index (χ2n) is 9.57. The second-order valence-corrected chi connectivity index (χ2v) is 9.57. The zero-order chi connectivity index (χ0) is 25.1. The molecule has 1 heterocycles. The van der Waals surface area contributed by atoms with E-state index in [1.807, 2.05) is 6.92 Å². The molecular weight excluding hydrogens is 469 g/mol. The van der Waals surface area contributed by atoms with Crippen molar-refractivity contribution in [1.82, 2.24) is 10.6 Å². The molecule has 1 aliphatic heterocycles. The molecule has 188 valence electrons. The van der Waals surface area contributed by atoms with E-state index in [2.05, 4.69) is 10.6 Å². The standard InChI is InChI=1S/C23H25F7N2O2/c1-11(31-20(34)18-8-9-19(33)32-18)14-6-7-17-15-5-3-13(10-12(15)2-4-16(14)17)21(24,22(25,26)27)23(28,29)30/h3,5,10-11,14,16-18H,2,4,6-9H2,1H3,(H,31,34)(H,32,33)/t11?,14-,16?,17?,18?/m0/s1. The molecule has 4 unspecified atom stereocenters. The Balaban J connectivity index is 1.52. The number of carbonyl (C=O) groups is 2. The third-order valence-corrected chi connectivity index (χ3v) is 7.67. The smallest absolute Gasteiger partial charge is 0.352 e. The fourth-order valence-electron chi connectivity index (χ4n) is 5.97. The molecule has 5 atom stereocenters. The van der Waals surface area contributed by atoms with E-state index in [1.165, 1.54) is 6.07 Å². The van der Waals surface area contributed by atoms with E-state index >= 15 is 0 Å². The number of aryl methyl sites for hydroxylation is 1. The Hall–Kier alpha value is -2.33. The first-order chi connectivity index (χ1) is 15.7. The number of fused-ring (bicyclic) bond motifs is 3. The summed E-state index contributed by atoms with van der Waals surface area (Å²) in [6.07, 6.45) is -9.41. The summed E-state index contributed by atoms with van der Waals surface area (Å²) in [6, 6.07) is 1.74. The predicted molar refractivity (Wildman–Crippen MR) is 107 cm³/mol. The molecule has 2 N–H and O–H groups in total. The first kappa shape index (κ1) is 24.8. The molecule has 1 aromatic carbocycles. The average Bonchev–Trinajstić information content (AvgIpc) is 3.37. The lowest BCUT2D eigenvalue weighted by Gasteiger charge is -2.36.